The van der Waals surface area contributed by atoms with Crippen LogP contribution in [0.5, 0.6) is 11.5 Å². The highest BCUT2D eigenvalue weighted by atomic mass is 16.5. The van der Waals surface area contributed by atoms with Gasteiger partial charge in [-0.25, -0.2) is 4.79 Å². The van der Waals surface area contributed by atoms with Crippen LogP contribution in [0.4, 0.5) is 0 Å². The molecule has 0 fully saturated rings. The molecule has 0 saturated heterocycles. The Kier molecular flexibility index (Phi) is 6.39. The molecule has 1 heterocycles. The van der Waals surface area contributed by atoms with E-state index in [2.05, 4.69) is 35.4 Å². The van der Waals surface area contributed by atoms with E-state index in [4.69, 9.17) is 14.6 Å². The van der Waals surface area contributed by atoms with Gasteiger partial charge in [-0.05, 0) is 55.7 Å². The van der Waals surface area contributed by atoms with Gasteiger partial charge in [0.2, 0.25) is 0 Å². The number of aliphatic carboxylic acids is 1. The number of aryl methyl sites for hydroxylation is 1. The van der Waals surface area contributed by atoms with Crippen molar-refractivity contribution in [1.29, 1.82) is 0 Å². The molecule has 0 atom stereocenters. The van der Waals surface area contributed by atoms with Gasteiger partial charge in [-0.3, -0.25) is 4.79 Å². The summed E-state index contributed by atoms with van der Waals surface area (Å²) in [6.07, 6.45) is 2.67. The third kappa shape index (κ3) is 5.07. The number of rotatable bonds is 9. The lowest BCUT2D eigenvalue weighted by Gasteiger charge is -2.12. The summed E-state index contributed by atoms with van der Waals surface area (Å²) < 4.78 is 10.7. The van der Waals surface area contributed by atoms with Crippen LogP contribution >= 0.6 is 0 Å². The molecule has 3 aromatic rings. The second kappa shape index (κ2) is 9.14. The first-order chi connectivity index (χ1) is 14.0. The number of ether oxygens (including phenoxy) is 2. The number of aromatic amines is 1. The second-order valence-electron chi connectivity index (χ2n) is 6.65. The molecule has 0 saturated carbocycles. The average Bonchev–Trinajstić information content (AvgIpc) is 3.09. The summed E-state index contributed by atoms with van der Waals surface area (Å²) in [4.78, 5) is 26.5. The summed E-state index contributed by atoms with van der Waals surface area (Å²) in [5.41, 5.74) is 3.85. The van der Waals surface area contributed by atoms with Gasteiger partial charge >= 0.3 is 5.97 Å². The van der Waals surface area contributed by atoms with Gasteiger partial charge in [-0.15, -0.1) is 0 Å². The molecule has 0 radical (unpaired) electrons. The van der Waals surface area contributed by atoms with Gasteiger partial charge in [0.25, 0.3) is 5.91 Å². The smallest absolute Gasteiger partial charge is 0.341 e. The number of carboxylic acids is 1. The maximum absolute atomic E-state index is 12.5. The van der Waals surface area contributed by atoms with E-state index in [1.54, 1.807) is 25.1 Å². The summed E-state index contributed by atoms with van der Waals surface area (Å²) >= 11 is 0. The zero-order valence-corrected chi connectivity index (χ0v) is 16.5. The molecule has 0 bridgehead atoms. The molecular weight excluding hydrogens is 372 g/mol. The molecule has 0 aliphatic heterocycles. The topological polar surface area (TPSA) is 101 Å². The maximum Gasteiger partial charge on any atom is 0.341 e. The molecule has 7 heteroatoms. The normalized spacial score (nSPS) is 10.7. The van der Waals surface area contributed by atoms with Crippen LogP contribution in [0.3, 0.4) is 0 Å². The highest BCUT2D eigenvalue weighted by Gasteiger charge is 2.13. The molecule has 1 amide bonds. The summed E-state index contributed by atoms with van der Waals surface area (Å²) in [6.45, 7) is 4.23. The lowest BCUT2D eigenvalue weighted by Crippen LogP contribution is -2.25. The monoisotopic (exact) mass is 396 g/mol. The molecule has 2 aromatic carbocycles. The highest BCUT2D eigenvalue weighted by molar-refractivity contribution is 5.95. The van der Waals surface area contributed by atoms with Crippen LogP contribution in [0.15, 0.2) is 42.6 Å². The summed E-state index contributed by atoms with van der Waals surface area (Å²) in [7, 11) is 0. The Labute approximate surface area is 168 Å². The first-order valence-corrected chi connectivity index (χ1v) is 9.44. The van der Waals surface area contributed by atoms with E-state index in [1.165, 1.54) is 5.56 Å². The Hall–Kier alpha value is -3.48. The molecule has 3 N–H and O–H groups in total. The number of nitrogens with one attached hydrogen (secondary N) is 2. The number of amides is 1. The minimum absolute atomic E-state index is 0.230. The number of carboxylic acid groups (broad SMARTS) is 1. The van der Waals surface area contributed by atoms with Crippen LogP contribution in [0.25, 0.3) is 10.9 Å². The molecule has 1 aromatic heterocycles. The fourth-order valence-electron chi connectivity index (χ4n) is 3.10. The van der Waals surface area contributed by atoms with Gasteiger partial charge in [0.15, 0.2) is 18.1 Å². The lowest BCUT2D eigenvalue weighted by atomic mass is 10.1. The molecular formula is C22H24N2O5. The number of carbonyl (C=O) groups excluding carboxylic acids is 1. The first-order valence-electron chi connectivity index (χ1n) is 9.44. The molecule has 0 aliphatic rings. The van der Waals surface area contributed by atoms with Crippen molar-refractivity contribution in [3.8, 4) is 11.5 Å². The van der Waals surface area contributed by atoms with Crippen LogP contribution in [0.2, 0.25) is 0 Å². The lowest BCUT2D eigenvalue weighted by molar-refractivity contribution is -0.139. The van der Waals surface area contributed by atoms with E-state index in [1.807, 2.05) is 6.20 Å². The molecule has 7 nitrogen and oxygen atoms in total. The quantitative estimate of drug-likeness (QED) is 0.515. The summed E-state index contributed by atoms with van der Waals surface area (Å²) in [5.74, 6) is -0.679. The average molecular weight is 396 g/mol. The summed E-state index contributed by atoms with van der Waals surface area (Å²) in [5, 5.41) is 12.8. The minimum Gasteiger partial charge on any atom is -0.490 e. The van der Waals surface area contributed by atoms with Gasteiger partial charge < -0.3 is 24.9 Å². The molecule has 0 spiro atoms. The zero-order valence-electron chi connectivity index (χ0n) is 16.5. The fourth-order valence-corrected chi connectivity index (χ4v) is 3.10. The van der Waals surface area contributed by atoms with Crippen LogP contribution < -0.4 is 14.8 Å². The van der Waals surface area contributed by atoms with E-state index in [-0.39, 0.29) is 5.91 Å². The largest absolute Gasteiger partial charge is 0.490 e. The predicted molar refractivity (Wildman–Crippen MR) is 110 cm³/mol. The van der Waals surface area contributed by atoms with Crippen molar-refractivity contribution in [2.45, 2.75) is 20.3 Å². The van der Waals surface area contributed by atoms with Crippen molar-refractivity contribution in [1.82, 2.24) is 10.3 Å². The number of benzene rings is 2. The third-order valence-corrected chi connectivity index (χ3v) is 4.46. The van der Waals surface area contributed by atoms with Crippen LogP contribution in [0.1, 0.15) is 28.4 Å². The van der Waals surface area contributed by atoms with E-state index in [0.29, 0.717) is 36.6 Å². The number of carbonyl (C=O) groups is 2. The Morgan fingerprint density at radius 3 is 2.69 bits per heavy atom. The molecule has 152 valence electrons. The van der Waals surface area contributed by atoms with E-state index >= 15 is 0 Å². The second-order valence-corrected chi connectivity index (χ2v) is 6.65. The van der Waals surface area contributed by atoms with Crippen molar-refractivity contribution >= 4 is 22.8 Å². The number of H-pyrrole nitrogens is 1. The number of aromatic nitrogens is 1. The highest BCUT2D eigenvalue weighted by Crippen LogP contribution is 2.28. The van der Waals surface area contributed by atoms with Crippen LogP contribution in [-0.2, 0) is 11.2 Å². The minimum atomic E-state index is -1.08. The van der Waals surface area contributed by atoms with E-state index < -0.39 is 12.6 Å². The van der Waals surface area contributed by atoms with Crippen molar-refractivity contribution in [2.24, 2.45) is 0 Å². The fraction of sp³-hybridized carbons (Fsp3) is 0.273. The maximum atomic E-state index is 12.5. The van der Waals surface area contributed by atoms with Gasteiger partial charge in [-0.1, -0.05) is 12.1 Å². The van der Waals surface area contributed by atoms with Crippen molar-refractivity contribution < 1.29 is 24.2 Å². The standard InChI is InChI=1S/C22H24N2O5/c1-3-28-20-11-15(5-7-19(20)29-13-21(25)26)22(27)23-9-8-16-12-24-18-10-14(2)4-6-17(16)18/h4-7,10-12,24H,3,8-9,13H2,1-2H3,(H,23,27)(H,25,26). The molecule has 0 unspecified atom stereocenters. The predicted octanol–water partition coefficient (Wildman–Crippen LogP) is 3.31. The van der Waals surface area contributed by atoms with Gasteiger partial charge in [-0.2, -0.15) is 0 Å². The van der Waals surface area contributed by atoms with Crippen molar-refractivity contribution in [2.75, 3.05) is 19.8 Å². The first kappa shape index (κ1) is 20.3. The van der Waals surface area contributed by atoms with Crippen LogP contribution in [-0.4, -0.2) is 41.7 Å². The Balaban J connectivity index is 1.63. The zero-order chi connectivity index (χ0) is 20.8. The molecule has 3 rings (SSSR count). The molecule has 29 heavy (non-hydrogen) atoms. The Morgan fingerprint density at radius 2 is 1.93 bits per heavy atom. The van der Waals surface area contributed by atoms with E-state index in [0.717, 1.165) is 16.5 Å². The van der Waals surface area contributed by atoms with Crippen molar-refractivity contribution in [3.05, 3.63) is 59.3 Å². The summed E-state index contributed by atoms with van der Waals surface area (Å²) in [6, 6.07) is 10.9. The number of hydrogen-bond acceptors (Lipinski definition) is 4. The van der Waals surface area contributed by atoms with Crippen LogP contribution in [0, 0.1) is 6.92 Å². The number of fused-ring (bicyclic) bond motifs is 1. The Bertz CT molecular complexity index is 1030. The van der Waals surface area contributed by atoms with Gasteiger partial charge in [0.1, 0.15) is 0 Å². The third-order valence-electron chi connectivity index (χ3n) is 4.46. The number of hydrogen-bond donors (Lipinski definition) is 3. The van der Waals surface area contributed by atoms with Gasteiger partial charge in [0, 0.05) is 29.2 Å². The van der Waals surface area contributed by atoms with Gasteiger partial charge in [0.05, 0.1) is 6.61 Å². The van der Waals surface area contributed by atoms with Crippen molar-refractivity contribution in [3.63, 3.8) is 0 Å². The SMILES string of the molecule is CCOc1cc(C(=O)NCCc2c[nH]c3cc(C)ccc23)ccc1OCC(=O)O. The van der Waals surface area contributed by atoms with E-state index in [9.17, 15) is 9.59 Å². The molecule has 0 aliphatic carbocycles. The Morgan fingerprint density at radius 1 is 1.10 bits per heavy atom.